The van der Waals surface area contributed by atoms with Gasteiger partial charge in [-0.15, -0.1) is 5.10 Å². The lowest BCUT2D eigenvalue weighted by Gasteiger charge is -2.34. The number of hydrogen-bond acceptors (Lipinski definition) is 7. The van der Waals surface area contributed by atoms with Crippen molar-refractivity contribution in [2.75, 3.05) is 13.3 Å². The zero-order chi connectivity index (χ0) is 24.8. The fourth-order valence-electron chi connectivity index (χ4n) is 5.33. The normalized spacial score (nSPS) is 15.6. The van der Waals surface area contributed by atoms with Gasteiger partial charge >= 0.3 is 0 Å². The number of aromatic nitrogens is 5. The molecular weight excluding hydrogens is 468 g/mol. The van der Waals surface area contributed by atoms with E-state index in [-0.39, 0.29) is 12.4 Å². The molecule has 7 rings (SSSR count). The molecule has 0 bridgehead atoms. The van der Waals surface area contributed by atoms with Crippen molar-refractivity contribution >= 4 is 10.9 Å². The largest absolute Gasteiger partial charge is 0.454 e. The number of nitrogens with zero attached hydrogens (tertiary/aromatic N) is 5. The first-order valence-electron chi connectivity index (χ1n) is 12.3. The molecule has 0 saturated carbocycles. The number of fused-ring (bicyclic) bond motifs is 3. The molecule has 0 unspecified atom stereocenters. The summed E-state index contributed by atoms with van der Waals surface area (Å²) in [6, 6.07) is 23.7. The topological polar surface area (TPSA) is 98.2 Å². The molecule has 0 radical (unpaired) electrons. The van der Waals surface area contributed by atoms with Crippen molar-refractivity contribution in [1.29, 1.82) is 0 Å². The highest BCUT2D eigenvalue weighted by Gasteiger charge is 2.33. The van der Waals surface area contributed by atoms with Gasteiger partial charge < -0.3 is 14.5 Å². The minimum absolute atomic E-state index is 0.173. The molecule has 1 atom stereocenters. The monoisotopic (exact) mass is 492 g/mol. The number of H-pyrrole nitrogens is 1. The molecule has 0 saturated heterocycles. The van der Waals surface area contributed by atoms with E-state index in [0.29, 0.717) is 41.5 Å². The lowest BCUT2D eigenvalue weighted by molar-refractivity contribution is 0.174. The molecule has 5 aromatic rings. The van der Waals surface area contributed by atoms with Gasteiger partial charge in [0.15, 0.2) is 17.3 Å². The number of tetrazole rings is 1. The smallest absolute Gasteiger partial charge is 0.253 e. The standard InChI is InChI=1S/C28H24N6O3/c35-28-22(12-21-13-24-25(37-17-36-24)14-23(21)29-28)26(33-11-10-19-8-4-5-9-20(19)16-33)27-30-31-32-34(27)15-18-6-2-1-3-7-18/h1-9,12-14,26H,10-11,15-17H2,(H,29,35)/t26-/m0/s1. The van der Waals surface area contributed by atoms with Gasteiger partial charge in [0.05, 0.1) is 12.1 Å². The molecule has 4 heterocycles. The van der Waals surface area contributed by atoms with Crippen LogP contribution in [0.4, 0.5) is 0 Å². The highest BCUT2D eigenvalue weighted by Crippen LogP contribution is 2.37. The van der Waals surface area contributed by atoms with Gasteiger partial charge in [0.25, 0.3) is 5.56 Å². The highest BCUT2D eigenvalue weighted by atomic mass is 16.7. The van der Waals surface area contributed by atoms with Crippen LogP contribution in [0.3, 0.4) is 0 Å². The molecule has 0 amide bonds. The Balaban J connectivity index is 1.36. The van der Waals surface area contributed by atoms with Gasteiger partial charge in [-0.25, -0.2) is 4.68 Å². The number of pyridine rings is 1. The molecule has 0 fully saturated rings. The van der Waals surface area contributed by atoms with Crippen LogP contribution in [0, 0.1) is 0 Å². The lowest BCUT2D eigenvalue weighted by atomic mass is 9.96. The van der Waals surface area contributed by atoms with E-state index in [0.717, 1.165) is 23.9 Å². The number of rotatable bonds is 5. The minimum Gasteiger partial charge on any atom is -0.454 e. The van der Waals surface area contributed by atoms with Gasteiger partial charge in [0.2, 0.25) is 6.79 Å². The fraction of sp³-hybridized carbons (Fsp3) is 0.214. The second-order valence-electron chi connectivity index (χ2n) is 9.42. The van der Waals surface area contributed by atoms with Crippen LogP contribution in [0.5, 0.6) is 11.5 Å². The second-order valence-corrected chi connectivity index (χ2v) is 9.42. The van der Waals surface area contributed by atoms with E-state index in [1.54, 1.807) is 4.68 Å². The molecule has 9 nitrogen and oxygen atoms in total. The summed E-state index contributed by atoms with van der Waals surface area (Å²) in [6.07, 6.45) is 0.886. The van der Waals surface area contributed by atoms with E-state index in [2.05, 4.69) is 49.7 Å². The summed E-state index contributed by atoms with van der Waals surface area (Å²) in [6.45, 7) is 2.15. The summed E-state index contributed by atoms with van der Waals surface area (Å²) in [7, 11) is 0. The van der Waals surface area contributed by atoms with Crippen LogP contribution in [0.15, 0.2) is 77.6 Å². The van der Waals surface area contributed by atoms with Crippen LogP contribution in [-0.4, -0.2) is 43.4 Å². The number of hydrogen-bond donors (Lipinski definition) is 1. The summed E-state index contributed by atoms with van der Waals surface area (Å²) >= 11 is 0. The summed E-state index contributed by atoms with van der Waals surface area (Å²) in [5.41, 5.74) is 4.78. The molecule has 2 aliphatic heterocycles. The fourth-order valence-corrected chi connectivity index (χ4v) is 5.33. The van der Waals surface area contributed by atoms with E-state index in [1.165, 1.54) is 11.1 Å². The minimum atomic E-state index is -0.439. The van der Waals surface area contributed by atoms with Crippen LogP contribution >= 0.6 is 0 Å². The Hall–Kier alpha value is -4.50. The van der Waals surface area contributed by atoms with Crippen molar-refractivity contribution in [1.82, 2.24) is 30.1 Å². The number of ether oxygens (including phenoxy) is 2. The SMILES string of the molecule is O=c1[nH]c2cc3c(cc2cc1[C@@H](c1nnnn1Cc1ccccc1)N1CCc2ccccc2C1)OCO3. The van der Waals surface area contributed by atoms with Crippen LogP contribution < -0.4 is 15.0 Å². The van der Waals surface area contributed by atoms with E-state index in [4.69, 9.17) is 9.47 Å². The first kappa shape index (κ1) is 21.8. The number of nitrogens with one attached hydrogen (secondary N) is 1. The third-order valence-corrected chi connectivity index (χ3v) is 7.17. The van der Waals surface area contributed by atoms with Gasteiger partial charge in [0, 0.05) is 30.1 Å². The molecule has 2 aromatic heterocycles. The Morgan fingerprint density at radius 1 is 0.946 bits per heavy atom. The average Bonchev–Trinajstić information content (AvgIpc) is 3.58. The molecule has 0 aliphatic carbocycles. The van der Waals surface area contributed by atoms with Crippen molar-refractivity contribution in [2.24, 2.45) is 0 Å². The van der Waals surface area contributed by atoms with Crippen molar-refractivity contribution in [2.45, 2.75) is 25.6 Å². The molecule has 1 N–H and O–H groups in total. The Morgan fingerprint density at radius 3 is 2.59 bits per heavy atom. The summed E-state index contributed by atoms with van der Waals surface area (Å²) < 4.78 is 12.9. The molecule has 37 heavy (non-hydrogen) atoms. The lowest BCUT2D eigenvalue weighted by Crippen LogP contribution is -2.38. The predicted octanol–water partition coefficient (Wildman–Crippen LogP) is 3.44. The van der Waals surface area contributed by atoms with Gasteiger partial charge in [0.1, 0.15) is 6.04 Å². The third-order valence-electron chi connectivity index (χ3n) is 7.17. The number of aromatic amines is 1. The Bertz CT molecular complexity index is 1660. The molecule has 2 aliphatic rings. The van der Waals surface area contributed by atoms with Crippen LogP contribution in [0.1, 0.15) is 34.1 Å². The molecule has 3 aromatic carbocycles. The molecule has 184 valence electrons. The average molecular weight is 493 g/mol. The molecule has 0 spiro atoms. The maximum Gasteiger partial charge on any atom is 0.253 e. The van der Waals surface area contributed by atoms with Crippen molar-refractivity contribution in [3.8, 4) is 11.5 Å². The van der Waals surface area contributed by atoms with Crippen molar-refractivity contribution < 1.29 is 9.47 Å². The van der Waals surface area contributed by atoms with Gasteiger partial charge in [-0.05, 0) is 45.7 Å². The zero-order valence-corrected chi connectivity index (χ0v) is 20.0. The molecule has 9 heteroatoms. The maximum atomic E-state index is 13.6. The molecular formula is C28H24N6O3. The van der Waals surface area contributed by atoms with E-state index < -0.39 is 6.04 Å². The Labute approximate surface area is 212 Å². The van der Waals surface area contributed by atoms with Gasteiger partial charge in [-0.1, -0.05) is 54.6 Å². The van der Waals surface area contributed by atoms with Crippen LogP contribution in [0.25, 0.3) is 10.9 Å². The second kappa shape index (κ2) is 8.86. The first-order chi connectivity index (χ1) is 18.2. The van der Waals surface area contributed by atoms with Crippen LogP contribution in [0.2, 0.25) is 0 Å². The van der Waals surface area contributed by atoms with Crippen molar-refractivity contribution in [3.63, 3.8) is 0 Å². The quantitative estimate of drug-likeness (QED) is 0.401. The van der Waals surface area contributed by atoms with Gasteiger partial charge in [-0.2, -0.15) is 0 Å². The van der Waals surface area contributed by atoms with E-state index in [1.807, 2.05) is 48.5 Å². The van der Waals surface area contributed by atoms with Crippen molar-refractivity contribution in [3.05, 3.63) is 111 Å². The Kier molecular flexibility index (Phi) is 5.21. The summed E-state index contributed by atoms with van der Waals surface area (Å²) in [4.78, 5) is 18.9. The zero-order valence-electron chi connectivity index (χ0n) is 20.0. The predicted molar refractivity (Wildman–Crippen MR) is 136 cm³/mol. The maximum absolute atomic E-state index is 13.6. The Morgan fingerprint density at radius 2 is 1.73 bits per heavy atom. The van der Waals surface area contributed by atoms with E-state index >= 15 is 0 Å². The summed E-state index contributed by atoms with van der Waals surface area (Å²) in [5, 5.41) is 13.7. The summed E-state index contributed by atoms with van der Waals surface area (Å²) in [5.74, 6) is 1.93. The van der Waals surface area contributed by atoms with E-state index in [9.17, 15) is 4.79 Å². The van der Waals surface area contributed by atoms with Gasteiger partial charge in [-0.3, -0.25) is 9.69 Å². The highest BCUT2D eigenvalue weighted by molar-refractivity contribution is 5.83. The first-order valence-corrected chi connectivity index (χ1v) is 12.3. The third kappa shape index (κ3) is 3.93. The number of benzene rings is 3. The van der Waals surface area contributed by atoms with Crippen LogP contribution in [-0.2, 0) is 19.5 Å².